The van der Waals surface area contributed by atoms with E-state index < -0.39 is 5.91 Å². The predicted molar refractivity (Wildman–Crippen MR) is 133 cm³/mol. The molecule has 32 heavy (non-hydrogen) atoms. The van der Waals surface area contributed by atoms with E-state index in [-0.39, 0.29) is 11.5 Å². The number of hydrogen-bond donors (Lipinski definition) is 1. The number of hydrogen-bond acceptors (Lipinski definition) is 2. The van der Waals surface area contributed by atoms with Gasteiger partial charge in [-0.05, 0) is 96.3 Å². The smallest absolute Gasteiger partial charge is 0.248 e. The van der Waals surface area contributed by atoms with Gasteiger partial charge in [0.15, 0.2) is 0 Å². The van der Waals surface area contributed by atoms with E-state index in [1.54, 1.807) is 12.1 Å². The molecular formula is C28H32ClNO2. The minimum absolute atomic E-state index is 0.115. The van der Waals surface area contributed by atoms with Gasteiger partial charge in [0.25, 0.3) is 0 Å². The second kappa shape index (κ2) is 9.79. The van der Waals surface area contributed by atoms with Gasteiger partial charge in [-0.1, -0.05) is 56.6 Å². The number of nitrogens with two attached hydrogens (primary N) is 1. The third-order valence-electron chi connectivity index (χ3n) is 5.64. The van der Waals surface area contributed by atoms with E-state index in [0.29, 0.717) is 5.56 Å². The van der Waals surface area contributed by atoms with Gasteiger partial charge in [-0.3, -0.25) is 4.79 Å². The molecule has 0 saturated heterocycles. The Hall–Kier alpha value is -2.78. The average molecular weight is 450 g/mol. The Morgan fingerprint density at radius 3 is 2.03 bits per heavy atom. The highest BCUT2D eigenvalue weighted by Crippen LogP contribution is 2.35. The molecule has 3 aromatic rings. The highest BCUT2D eigenvalue weighted by molar-refractivity contribution is 6.30. The number of halogens is 1. The maximum absolute atomic E-state index is 11.5. The molecule has 168 valence electrons. The number of benzene rings is 3. The van der Waals surface area contributed by atoms with Gasteiger partial charge in [0.2, 0.25) is 5.91 Å². The van der Waals surface area contributed by atoms with Crippen LogP contribution in [-0.4, -0.2) is 5.91 Å². The molecule has 0 aliphatic carbocycles. The van der Waals surface area contributed by atoms with Gasteiger partial charge in [-0.2, -0.15) is 0 Å². The monoisotopic (exact) mass is 449 g/mol. The zero-order valence-electron chi connectivity index (χ0n) is 19.5. The number of aryl methyl sites for hydroxylation is 2. The maximum Gasteiger partial charge on any atom is 0.248 e. The Morgan fingerprint density at radius 2 is 1.53 bits per heavy atom. The molecule has 0 heterocycles. The minimum Gasteiger partial charge on any atom is -0.486 e. The Labute approximate surface area is 196 Å². The zero-order chi connectivity index (χ0) is 23.5. The lowest BCUT2D eigenvalue weighted by Crippen LogP contribution is -2.14. The fraction of sp³-hybridized carbons (Fsp3) is 0.321. The second-order valence-electron chi connectivity index (χ2n) is 9.63. The summed E-state index contributed by atoms with van der Waals surface area (Å²) in [6, 6.07) is 19.5. The van der Waals surface area contributed by atoms with Gasteiger partial charge in [0.1, 0.15) is 11.9 Å². The van der Waals surface area contributed by atoms with E-state index in [0.717, 1.165) is 45.9 Å². The molecule has 3 rings (SSSR count). The van der Waals surface area contributed by atoms with Crippen LogP contribution in [0.4, 0.5) is 0 Å². The molecule has 4 heteroatoms. The summed E-state index contributed by atoms with van der Waals surface area (Å²) in [6.07, 6.45) is 1.77. The van der Waals surface area contributed by atoms with Crippen molar-refractivity contribution < 1.29 is 9.53 Å². The van der Waals surface area contributed by atoms with Gasteiger partial charge in [-0.25, -0.2) is 0 Å². The topological polar surface area (TPSA) is 52.3 Å². The molecule has 0 saturated carbocycles. The summed E-state index contributed by atoms with van der Waals surface area (Å²) < 4.78 is 6.53. The lowest BCUT2D eigenvalue weighted by molar-refractivity contribution is 0.1000. The van der Waals surface area contributed by atoms with Crippen LogP contribution in [0.2, 0.25) is 5.02 Å². The predicted octanol–water partition coefficient (Wildman–Crippen LogP) is 7.67. The first-order valence-corrected chi connectivity index (χ1v) is 11.3. The molecule has 0 aliphatic heterocycles. The summed E-state index contributed by atoms with van der Waals surface area (Å²) in [5.41, 5.74) is 11.8. The van der Waals surface area contributed by atoms with Gasteiger partial charge in [0.05, 0.1) is 0 Å². The lowest BCUT2D eigenvalue weighted by atomic mass is 9.88. The highest BCUT2D eigenvalue weighted by Gasteiger charge is 2.20. The molecule has 0 radical (unpaired) electrons. The number of primary amides is 1. The molecule has 2 N–H and O–H groups in total. The Kier molecular flexibility index (Phi) is 7.30. The number of ether oxygens (including phenoxy) is 1. The normalized spacial score (nSPS) is 12.4. The fourth-order valence-electron chi connectivity index (χ4n) is 3.95. The van der Waals surface area contributed by atoms with Crippen LogP contribution < -0.4 is 10.5 Å². The largest absolute Gasteiger partial charge is 0.486 e. The van der Waals surface area contributed by atoms with E-state index in [9.17, 15) is 4.79 Å². The first-order valence-electron chi connectivity index (χ1n) is 11.0. The molecule has 0 aromatic heterocycles. The van der Waals surface area contributed by atoms with Crippen LogP contribution in [0.1, 0.15) is 66.8 Å². The highest BCUT2D eigenvalue weighted by atomic mass is 35.5. The van der Waals surface area contributed by atoms with Crippen molar-refractivity contribution in [1.29, 1.82) is 0 Å². The number of amides is 1. The molecule has 0 fully saturated rings. The van der Waals surface area contributed by atoms with Gasteiger partial charge in [-0.15, -0.1) is 0 Å². The van der Waals surface area contributed by atoms with E-state index in [1.165, 1.54) is 5.56 Å². The molecule has 3 nitrogen and oxygen atoms in total. The first kappa shape index (κ1) is 23.9. The minimum atomic E-state index is -0.423. The van der Waals surface area contributed by atoms with Crippen molar-refractivity contribution in [2.24, 2.45) is 11.1 Å². The molecular weight excluding hydrogens is 418 g/mol. The van der Waals surface area contributed by atoms with Crippen LogP contribution in [0.3, 0.4) is 0 Å². The fourth-order valence-corrected chi connectivity index (χ4v) is 4.07. The quantitative estimate of drug-likeness (QED) is 0.402. The summed E-state index contributed by atoms with van der Waals surface area (Å²) in [7, 11) is 0. The first-order chi connectivity index (χ1) is 15.0. The Balaban J connectivity index is 1.91. The standard InChI is InChI=1S/C28H32ClNO2/c1-18-16-24(17-19(2)26(18)21-10-12-23(29)13-11-21)32-25(14-15-28(3,4)5)20-6-8-22(9-7-20)27(30)31/h6-13,16-17,25H,14-15H2,1-5H3,(H2,30,31). The van der Waals surface area contributed by atoms with Crippen LogP contribution in [0.15, 0.2) is 60.7 Å². The third kappa shape index (κ3) is 6.14. The molecule has 0 aliphatic rings. The van der Waals surface area contributed by atoms with E-state index in [1.807, 2.05) is 36.4 Å². The molecule has 1 unspecified atom stereocenters. The van der Waals surface area contributed by atoms with Gasteiger partial charge in [0, 0.05) is 10.6 Å². The molecule has 0 bridgehead atoms. The Morgan fingerprint density at radius 1 is 0.969 bits per heavy atom. The van der Waals surface area contributed by atoms with E-state index in [2.05, 4.69) is 46.8 Å². The third-order valence-corrected chi connectivity index (χ3v) is 5.89. The summed E-state index contributed by atoms with van der Waals surface area (Å²) in [6.45, 7) is 10.9. The number of carbonyl (C=O) groups is 1. The zero-order valence-corrected chi connectivity index (χ0v) is 20.3. The molecule has 1 atom stereocenters. The van der Waals surface area contributed by atoms with Crippen molar-refractivity contribution in [3.8, 4) is 16.9 Å². The van der Waals surface area contributed by atoms with Crippen LogP contribution >= 0.6 is 11.6 Å². The Bertz CT molecular complexity index is 1060. The molecule has 3 aromatic carbocycles. The van der Waals surface area contributed by atoms with Crippen LogP contribution in [-0.2, 0) is 0 Å². The van der Waals surface area contributed by atoms with E-state index in [4.69, 9.17) is 22.1 Å². The van der Waals surface area contributed by atoms with Crippen molar-refractivity contribution in [2.75, 3.05) is 0 Å². The SMILES string of the molecule is Cc1cc(OC(CCC(C)(C)C)c2ccc(C(N)=O)cc2)cc(C)c1-c1ccc(Cl)cc1. The number of rotatable bonds is 7. The van der Waals surface area contributed by atoms with Crippen LogP contribution in [0, 0.1) is 19.3 Å². The van der Waals surface area contributed by atoms with Crippen molar-refractivity contribution in [1.82, 2.24) is 0 Å². The summed E-state index contributed by atoms with van der Waals surface area (Å²) in [5, 5.41) is 0.730. The van der Waals surface area contributed by atoms with Crippen molar-refractivity contribution in [3.63, 3.8) is 0 Å². The summed E-state index contributed by atoms with van der Waals surface area (Å²) in [4.78, 5) is 11.5. The second-order valence-corrected chi connectivity index (χ2v) is 10.1. The van der Waals surface area contributed by atoms with Gasteiger partial charge >= 0.3 is 0 Å². The average Bonchev–Trinajstić information content (AvgIpc) is 2.71. The lowest BCUT2D eigenvalue weighted by Gasteiger charge is -2.25. The molecule has 0 spiro atoms. The van der Waals surface area contributed by atoms with Crippen LogP contribution in [0.5, 0.6) is 5.75 Å². The van der Waals surface area contributed by atoms with Crippen LogP contribution in [0.25, 0.3) is 11.1 Å². The van der Waals surface area contributed by atoms with E-state index >= 15 is 0 Å². The van der Waals surface area contributed by atoms with Gasteiger partial charge < -0.3 is 10.5 Å². The molecule has 1 amide bonds. The summed E-state index contributed by atoms with van der Waals surface area (Å²) >= 11 is 6.06. The number of carbonyl (C=O) groups excluding carboxylic acids is 1. The maximum atomic E-state index is 11.5. The summed E-state index contributed by atoms with van der Waals surface area (Å²) in [5.74, 6) is 0.420. The van der Waals surface area contributed by atoms with Crippen molar-refractivity contribution >= 4 is 17.5 Å². The van der Waals surface area contributed by atoms with Crippen molar-refractivity contribution in [3.05, 3.63) is 87.9 Å². The van der Waals surface area contributed by atoms with Crippen molar-refractivity contribution in [2.45, 2.75) is 53.6 Å².